The van der Waals surface area contributed by atoms with E-state index in [-0.39, 0.29) is 25.1 Å². The fraction of sp³-hybridized carbons (Fsp3) is 0.286. The lowest BCUT2D eigenvalue weighted by molar-refractivity contribution is 0.329. The van der Waals surface area contributed by atoms with Crippen molar-refractivity contribution < 1.29 is 4.74 Å². The molecule has 6 nitrogen and oxygen atoms in total. The molecule has 0 saturated heterocycles. The minimum absolute atomic E-state index is 0.0813. The molecule has 6 heteroatoms. The Labute approximate surface area is 75.4 Å². The van der Waals surface area contributed by atoms with Gasteiger partial charge < -0.3 is 10.1 Å². The number of anilines is 1. The molecule has 2 N–H and O–H groups in total. The summed E-state index contributed by atoms with van der Waals surface area (Å²) in [5.41, 5.74) is -0.575. The Morgan fingerprint density at radius 3 is 2.85 bits per heavy atom. The highest BCUT2D eigenvalue weighted by molar-refractivity contribution is 5.23. The van der Waals surface area contributed by atoms with Gasteiger partial charge in [0, 0.05) is 13.5 Å². The number of H-pyrrole nitrogens is 1. The standard InChI is InChI=1S/C7H8N4O2/c1-3-8-5-9-6(12)11-7(10-5)13-4-2/h1-2H,3-4H2,(H2,8,9,10,11,12). The summed E-state index contributed by atoms with van der Waals surface area (Å²) in [6, 6.07) is -0.0813. The zero-order chi connectivity index (χ0) is 9.68. The summed E-state index contributed by atoms with van der Waals surface area (Å²) in [7, 11) is 0. The van der Waals surface area contributed by atoms with Gasteiger partial charge in [-0.05, 0) is 6.92 Å². The van der Waals surface area contributed by atoms with Crippen molar-refractivity contribution in [3.63, 3.8) is 0 Å². The van der Waals surface area contributed by atoms with Crippen LogP contribution in [0, 0.1) is 13.8 Å². The molecule has 1 heterocycles. The first-order valence-electron chi connectivity index (χ1n) is 3.51. The van der Waals surface area contributed by atoms with Crippen molar-refractivity contribution in [1.29, 1.82) is 0 Å². The number of aromatic nitrogens is 3. The number of rotatable bonds is 4. The van der Waals surface area contributed by atoms with E-state index in [4.69, 9.17) is 18.6 Å². The number of hydrogen-bond acceptors (Lipinski definition) is 5. The third-order valence-electron chi connectivity index (χ3n) is 1.11. The topological polar surface area (TPSA) is 79.9 Å². The van der Waals surface area contributed by atoms with Crippen molar-refractivity contribution >= 4 is 5.95 Å². The molecule has 0 bridgehead atoms. The average Bonchev–Trinajstić information content (AvgIpc) is 2.04. The van der Waals surface area contributed by atoms with Crippen LogP contribution in [0.25, 0.3) is 0 Å². The van der Waals surface area contributed by atoms with Gasteiger partial charge in [0.1, 0.15) is 0 Å². The van der Waals surface area contributed by atoms with Gasteiger partial charge in [-0.3, -0.25) is 4.98 Å². The van der Waals surface area contributed by atoms with Crippen molar-refractivity contribution in [3.05, 3.63) is 24.3 Å². The molecule has 0 aliphatic rings. The number of hydrogen-bond donors (Lipinski definition) is 2. The summed E-state index contributed by atoms with van der Waals surface area (Å²) in [6.07, 6.45) is 0. The molecule has 0 aliphatic heterocycles. The van der Waals surface area contributed by atoms with Gasteiger partial charge in [0.15, 0.2) is 0 Å². The molecule has 13 heavy (non-hydrogen) atoms. The van der Waals surface area contributed by atoms with Crippen LogP contribution in [-0.4, -0.2) is 28.1 Å². The highest BCUT2D eigenvalue weighted by Crippen LogP contribution is 2.00. The summed E-state index contributed by atoms with van der Waals surface area (Å²) in [4.78, 5) is 20.3. The molecule has 0 aliphatic carbocycles. The zero-order valence-electron chi connectivity index (χ0n) is 6.78. The van der Waals surface area contributed by atoms with Gasteiger partial charge in [0.2, 0.25) is 5.95 Å². The lowest BCUT2D eigenvalue weighted by Gasteiger charge is -2.03. The fourth-order valence-electron chi connectivity index (χ4n) is 0.684. The van der Waals surface area contributed by atoms with Crippen LogP contribution in [-0.2, 0) is 0 Å². The summed E-state index contributed by atoms with van der Waals surface area (Å²) in [5, 5.41) is 2.60. The Bertz CT molecular complexity index is 295. The van der Waals surface area contributed by atoms with Gasteiger partial charge in [0.25, 0.3) is 0 Å². The van der Waals surface area contributed by atoms with Crippen LogP contribution >= 0.6 is 0 Å². The first kappa shape index (κ1) is 9.50. The summed E-state index contributed by atoms with van der Waals surface area (Å²) >= 11 is 0. The van der Waals surface area contributed by atoms with E-state index in [0.717, 1.165) is 0 Å². The molecule has 0 spiro atoms. The maximum absolute atomic E-state index is 10.9. The van der Waals surface area contributed by atoms with E-state index in [0.29, 0.717) is 0 Å². The molecule has 0 aromatic carbocycles. The summed E-state index contributed by atoms with van der Waals surface area (Å²) in [5.74, 6) is 0.200. The minimum Gasteiger partial charge on any atom is -0.463 e. The predicted molar refractivity (Wildman–Crippen MR) is 45.2 cm³/mol. The maximum Gasteiger partial charge on any atom is 0.352 e. The van der Waals surface area contributed by atoms with Crippen LogP contribution in [0.2, 0.25) is 0 Å². The van der Waals surface area contributed by atoms with E-state index in [9.17, 15) is 4.79 Å². The SMILES string of the molecule is [CH]CNc1nc(OC[CH])nc(=O)[nH]1. The van der Waals surface area contributed by atoms with E-state index in [1.807, 2.05) is 0 Å². The maximum atomic E-state index is 10.9. The molecule has 68 valence electrons. The van der Waals surface area contributed by atoms with Crippen molar-refractivity contribution in [2.75, 3.05) is 18.5 Å². The Morgan fingerprint density at radius 2 is 2.23 bits per heavy atom. The van der Waals surface area contributed by atoms with Gasteiger partial charge in [-0.15, -0.1) is 4.98 Å². The molecule has 0 unspecified atom stereocenters. The van der Waals surface area contributed by atoms with Gasteiger partial charge in [-0.2, -0.15) is 4.98 Å². The van der Waals surface area contributed by atoms with Crippen LogP contribution in [0.3, 0.4) is 0 Å². The van der Waals surface area contributed by atoms with Crippen molar-refractivity contribution in [1.82, 2.24) is 15.0 Å². The molecule has 0 saturated carbocycles. The fourth-order valence-corrected chi connectivity index (χ4v) is 0.684. The smallest absolute Gasteiger partial charge is 0.352 e. The van der Waals surface area contributed by atoms with Crippen LogP contribution in [0.1, 0.15) is 0 Å². The second-order valence-electron chi connectivity index (χ2n) is 1.98. The molecule has 1 rings (SSSR count). The Morgan fingerprint density at radius 1 is 1.46 bits per heavy atom. The minimum atomic E-state index is -0.575. The summed E-state index contributed by atoms with van der Waals surface area (Å²) < 4.78 is 4.73. The lowest BCUT2D eigenvalue weighted by atomic mass is 10.7. The molecule has 0 amide bonds. The van der Waals surface area contributed by atoms with E-state index in [1.54, 1.807) is 0 Å². The van der Waals surface area contributed by atoms with Crippen LogP contribution < -0.4 is 15.7 Å². The highest BCUT2D eigenvalue weighted by atomic mass is 16.5. The van der Waals surface area contributed by atoms with Crippen molar-refractivity contribution in [2.24, 2.45) is 0 Å². The molecule has 0 atom stereocenters. The normalized spacial score (nSPS) is 9.69. The van der Waals surface area contributed by atoms with Crippen LogP contribution in [0.4, 0.5) is 5.95 Å². The Balaban J connectivity index is 2.90. The molecular weight excluding hydrogens is 172 g/mol. The van der Waals surface area contributed by atoms with Gasteiger partial charge in [-0.1, -0.05) is 0 Å². The third-order valence-corrected chi connectivity index (χ3v) is 1.11. The third kappa shape index (κ3) is 2.73. The highest BCUT2D eigenvalue weighted by Gasteiger charge is 2.01. The van der Waals surface area contributed by atoms with Gasteiger partial charge in [-0.25, -0.2) is 4.79 Å². The monoisotopic (exact) mass is 180 g/mol. The zero-order valence-corrected chi connectivity index (χ0v) is 6.78. The van der Waals surface area contributed by atoms with E-state index in [2.05, 4.69) is 20.3 Å². The summed E-state index contributed by atoms with van der Waals surface area (Å²) in [6.45, 7) is 10.3. The molecule has 1 aromatic rings. The second-order valence-corrected chi connectivity index (χ2v) is 1.98. The number of aromatic amines is 1. The Kier molecular flexibility index (Phi) is 3.24. The largest absolute Gasteiger partial charge is 0.463 e. The van der Waals surface area contributed by atoms with Crippen LogP contribution in [0.5, 0.6) is 6.01 Å². The number of ether oxygens (including phenoxy) is 1. The van der Waals surface area contributed by atoms with Crippen LogP contribution in [0.15, 0.2) is 4.79 Å². The number of nitrogens with zero attached hydrogens (tertiary/aromatic N) is 2. The first-order chi connectivity index (χ1) is 6.26. The lowest BCUT2D eigenvalue weighted by Crippen LogP contribution is -2.17. The Hall–Kier alpha value is -1.59. The van der Waals surface area contributed by atoms with E-state index in [1.165, 1.54) is 0 Å². The molecular formula is C7H8N4O2. The molecule has 0 fully saturated rings. The molecule has 1 aromatic heterocycles. The average molecular weight is 180 g/mol. The van der Waals surface area contributed by atoms with Crippen molar-refractivity contribution in [2.45, 2.75) is 0 Å². The van der Waals surface area contributed by atoms with E-state index < -0.39 is 5.69 Å². The van der Waals surface area contributed by atoms with Crippen molar-refractivity contribution in [3.8, 4) is 6.01 Å². The molecule has 4 radical (unpaired) electrons. The first-order valence-corrected chi connectivity index (χ1v) is 3.51. The van der Waals surface area contributed by atoms with Gasteiger partial charge in [0.05, 0.1) is 6.61 Å². The predicted octanol–water partition coefficient (Wildman–Crippen LogP) is -0.622. The van der Waals surface area contributed by atoms with E-state index >= 15 is 0 Å². The second kappa shape index (κ2) is 4.44. The van der Waals surface area contributed by atoms with Gasteiger partial charge >= 0.3 is 11.7 Å². The number of nitrogens with one attached hydrogen (secondary N) is 2. The quantitative estimate of drug-likeness (QED) is 0.645.